The van der Waals surface area contributed by atoms with Gasteiger partial charge in [0.15, 0.2) is 17.7 Å². The van der Waals surface area contributed by atoms with Crippen LogP contribution in [0.4, 0.5) is 0 Å². The van der Waals surface area contributed by atoms with E-state index in [1.165, 1.54) is 7.11 Å². The lowest BCUT2D eigenvalue weighted by Gasteiger charge is -2.06. The van der Waals surface area contributed by atoms with Crippen LogP contribution in [0.3, 0.4) is 0 Å². The van der Waals surface area contributed by atoms with Gasteiger partial charge in [-0.1, -0.05) is 0 Å². The van der Waals surface area contributed by atoms with Crippen LogP contribution in [-0.2, 0) is 0 Å². The Bertz CT molecular complexity index is 632. The molecule has 0 aliphatic carbocycles. The zero-order valence-corrected chi connectivity index (χ0v) is 9.53. The Labute approximate surface area is 102 Å². The van der Waals surface area contributed by atoms with Gasteiger partial charge >= 0.3 is 0 Å². The van der Waals surface area contributed by atoms with Crippen LogP contribution in [0, 0.1) is 0 Å². The highest BCUT2D eigenvalue weighted by Crippen LogP contribution is 2.14. The summed E-state index contributed by atoms with van der Waals surface area (Å²) in [7, 11) is 1.53. The van der Waals surface area contributed by atoms with E-state index in [9.17, 15) is 14.7 Å². The SMILES string of the molecule is COc1ccc(-n2nc(C=O)c(O)cc2=O)cc1. The summed E-state index contributed by atoms with van der Waals surface area (Å²) in [4.78, 5) is 22.3. The van der Waals surface area contributed by atoms with Crippen LogP contribution in [0.1, 0.15) is 10.5 Å². The standard InChI is InChI=1S/C12H10N2O4/c1-18-9-4-2-8(3-5-9)14-12(17)6-11(16)10(7-15)13-14/h2-7,16H,1H3. The fraction of sp³-hybridized carbons (Fsp3) is 0.0833. The highest BCUT2D eigenvalue weighted by Gasteiger charge is 2.08. The van der Waals surface area contributed by atoms with E-state index in [4.69, 9.17) is 4.74 Å². The van der Waals surface area contributed by atoms with Crippen LogP contribution < -0.4 is 10.3 Å². The number of hydrogen-bond donors (Lipinski definition) is 1. The molecule has 0 aliphatic rings. The maximum atomic E-state index is 11.7. The molecule has 0 aliphatic heterocycles. The number of aromatic nitrogens is 2. The molecular weight excluding hydrogens is 236 g/mol. The smallest absolute Gasteiger partial charge is 0.275 e. The van der Waals surface area contributed by atoms with Crippen molar-refractivity contribution < 1.29 is 14.6 Å². The summed E-state index contributed by atoms with van der Waals surface area (Å²) < 4.78 is 6.03. The maximum Gasteiger partial charge on any atom is 0.275 e. The van der Waals surface area contributed by atoms with E-state index in [2.05, 4.69) is 5.10 Å². The number of rotatable bonds is 3. The van der Waals surface area contributed by atoms with Crippen molar-refractivity contribution in [3.05, 3.63) is 46.4 Å². The van der Waals surface area contributed by atoms with Gasteiger partial charge in [-0.3, -0.25) is 9.59 Å². The lowest BCUT2D eigenvalue weighted by atomic mass is 10.3. The Hall–Kier alpha value is -2.63. The first-order chi connectivity index (χ1) is 8.65. The number of hydrogen-bond acceptors (Lipinski definition) is 5. The number of aldehydes is 1. The fourth-order valence-corrected chi connectivity index (χ4v) is 1.45. The van der Waals surface area contributed by atoms with Crippen molar-refractivity contribution in [1.82, 2.24) is 9.78 Å². The first-order valence-corrected chi connectivity index (χ1v) is 5.08. The second kappa shape index (κ2) is 4.70. The lowest BCUT2D eigenvalue weighted by molar-refractivity contribution is 0.111. The average Bonchev–Trinajstić information content (AvgIpc) is 2.39. The predicted molar refractivity (Wildman–Crippen MR) is 63.4 cm³/mol. The molecule has 6 heteroatoms. The molecule has 6 nitrogen and oxygen atoms in total. The first kappa shape index (κ1) is 11.8. The van der Waals surface area contributed by atoms with Crippen molar-refractivity contribution in [2.75, 3.05) is 7.11 Å². The van der Waals surface area contributed by atoms with E-state index < -0.39 is 11.3 Å². The summed E-state index contributed by atoms with van der Waals surface area (Å²) in [5, 5.41) is 13.1. The number of benzene rings is 1. The van der Waals surface area contributed by atoms with Gasteiger partial charge in [-0.25, -0.2) is 0 Å². The Balaban J connectivity index is 2.55. The molecule has 1 aromatic carbocycles. The predicted octanol–water partition coefficient (Wildman–Crippen LogP) is 0.759. The summed E-state index contributed by atoms with van der Waals surface area (Å²) in [6.07, 6.45) is 0.384. The summed E-state index contributed by atoms with van der Waals surface area (Å²) >= 11 is 0. The van der Waals surface area contributed by atoms with Crippen LogP contribution in [0.15, 0.2) is 35.1 Å². The molecule has 0 atom stereocenters. The Morgan fingerprint density at radius 3 is 2.56 bits per heavy atom. The van der Waals surface area contributed by atoms with Gasteiger partial charge in [0.05, 0.1) is 12.8 Å². The van der Waals surface area contributed by atoms with Crippen molar-refractivity contribution in [3.8, 4) is 17.2 Å². The molecule has 0 amide bonds. The number of methoxy groups -OCH3 is 1. The number of carbonyl (C=O) groups is 1. The second-order valence-corrected chi connectivity index (χ2v) is 3.48. The van der Waals surface area contributed by atoms with E-state index in [0.29, 0.717) is 17.7 Å². The number of ether oxygens (including phenoxy) is 1. The number of aromatic hydroxyl groups is 1. The average molecular weight is 246 g/mol. The van der Waals surface area contributed by atoms with Crippen LogP contribution in [-0.4, -0.2) is 28.3 Å². The third kappa shape index (κ3) is 2.08. The first-order valence-electron chi connectivity index (χ1n) is 5.08. The van der Waals surface area contributed by atoms with Gasteiger partial charge in [-0.2, -0.15) is 9.78 Å². The quantitative estimate of drug-likeness (QED) is 0.808. The molecule has 0 spiro atoms. The van der Waals surface area contributed by atoms with Crippen molar-refractivity contribution in [1.29, 1.82) is 0 Å². The molecule has 2 aromatic rings. The van der Waals surface area contributed by atoms with Crippen LogP contribution >= 0.6 is 0 Å². The Kier molecular flexibility index (Phi) is 3.09. The third-order valence-electron chi connectivity index (χ3n) is 2.37. The molecule has 2 rings (SSSR count). The minimum Gasteiger partial charge on any atom is -0.505 e. The monoisotopic (exact) mass is 246 g/mol. The minimum atomic E-state index is -0.525. The molecule has 0 radical (unpaired) electrons. The summed E-state index contributed by atoms with van der Waals surface area (Å²) in [5.41, 5.74) is -0.238. The number of carbonyl (C=O) groups excluding carboxylic acids is 1. The van der Waals surface area contributed by atoms with Crippen molar-refractivity contribution in [3.63, 3.8) is 0 Å². The third-order valence-corrected chi connectivity index (χ3v) is 2.37. The summed E-state index contributed by atoms with van der Waals surface area (Å²) in [5.74, 6) is 0.209. The van der Waals surface area contributed by atoms with E-state index in [-0.39, 0.29) is 5.69 Å². The van der Waals surface area contributed by atoms with Gasteiger partial charge in [0.1, 0.15) is 5.75 Å². The van der Waals surface area contributed by atoms with E-state index in [1.807, 2.05) is 0 Å². The topological polar surface area (TPSA) is 81.4 Å². The zero-order chi connectivity index (χ0) is 13.1. The largest absolute Gasteiger partial charge is 0.505 e. The van der Waals surface area contributed by atoms with E-state index in [1.54, 1.807) is 24.3 Å². The number of nitrogens with zero attached hydrogens (tertiary/aromatic N) is 2. The normalized spacial score (nSPS) is 10.1. The van der Waals surface area contributed by atoms with Gasteiger partial charge in [-0.15, -0.1) is 0 Å². The molecule has 0 saturated carbocycles. The van der Waals surface area contributed by atoms with Crippen molar-refractivity contribution >= 4 is 6.29 Å². The van der Waals surface area contributed by atoms with E-state index >= 15 is 0 Å². The molecule has 0 fully saturated rings. The maximum absolute atomic E-state index is 11.7. The molecular formula is C12H10N2O4. The molecule has 0 bridgehead atoms. The molecule has 0 unspecified atom stereocenters. The Morgan fingerprint density at radius 1 is 1.33 bits per heavy atom. The zero-order valence-electron chi connectivity index (χ0n) is 9.53. The van der Waals surface area contributed by atoms with Crippen molar-refractivity contribution in [2.24, 2.45) is 0 Å². The van der Waals surface area contributed by atoms with Gasteiger partial charge < -0.3 is 9.84 Å². The Morgan fingerprint density at radius 2 is 2.00 bits per heavy atom. The summed E-state index contributed by atoms with van der Waals surface area (Å²) in [6, 6.07) is 7.52. The van der Waals surface area contributed by atoms with Gasteiger partial charge in [0.25, 0.3) is 5.56 Å². The minimum absolute atomic E-state index is 0.189. The van der Waals surface area contributed by atoms with Crippen LogP contribution in [0.2, 0.25) is 0 Å². The lowest BCUT2D eigenvalue weighted by Crippen LogP contribution is -2.21. The van der Waals surface area contributed by atoms with Crippen LogP contribution in [0.25, 0.3) is 5.69 Å². The van der Waals surface area contributed by atoms with E-state index in [0.717, 1.165) is 10.7 Å². The molecule has 18 heavy (non-hydrogen) atoms. The highest BCUT2D eigenvalue weighted by atomic mass is 16.5. The second-order valence-electron chi connectivity index (χ2n) is 3.48. The highest BCUT2D eigenvalue weighted by molar-refractivity contribution is 5.75. The molecule has 1 heterocycles. The fourth-order valence-electron chi connectivity index (χ4n) is 1.45. The molecule has 1 aromatic heterocycles. The molecule has 1 N–H and O–H groups in total. The molecule has 0 saturated heterocycles. The molecule has 92 valence electrons. The van der Waals surface area contributed by atoms with Gasteiger partial charge in [-0.05, 0) is 24.3 Å². The van der Waals surface area contributed by atoms with Gasteiger partial charge in [0, 0.05) is 6.07 Å². The van der Waals surface area contributed by atoms with Crippen LogP contribution in [0.5, 0.6) is 11.5 Å². The summed E-state index contributed by atoms with van der Waals surface area (Å²) in [6.45, 7) is 0. The van der Waals surface area contributed by atoms with Crippen molar-refractivity contribution in [2.45, 2.75) is 0 Å². The van der Waals surface area contributed by atoms with Gasteiger partial charge in [0.2, 0.25) is 0 Å².